The quantitative estimate of drug-likeness (QED) is 0.787. The molecule has 0 saturated carbocycles. The number of alkyl halides is 1. The normalized spacial score (nSPS) is 15.7. The Bertz CT molecular complexity index is 565. The third-order valence-corrected chi connectivity index (χ3v) is 3.93. The van der Waals surface area contributed by atoms with Crippen LogP contribution < -0.4 is 0 Å². The molecule has 1 aliphatic carbocycles. The number of hydrogen-bond acceptors (Lipinski definition) is 3. The van der Waals surface area contributed by atoms with Gasteiger partial charge in [0.15, 0.2) is 5.82 Å². The highest BCUT2D eigenvalue weighted by Gasteiger charge is 2.17. The molecule has 94 valence electrons. The third-order valence-electron chi connectivity index (χ3n) is 3.43. The van der Waals surface area contributed by atoms with Crippen LogP contribution in [0.2, 0.25) is 0 Å². The SMILES string of the molecule is CCC(Cl)c1noc(-c2ccc3c(c2)CCC3)n1. The molecule has 1 heterocycles. The first kappa shape index (κ1) is 11.7. The van der Waals surface area contributed by atoms with Gasteiger partial charge in [-0.3, -0.25) is 0 Å². The topological polar surface area (TPSA) is 38.9 Å². The second-order valence-electron chi connectivity index (χ2n) is 4.67. The van der Waals surface area contributed by atoms with Gasteiger partial charge in [0, 0.05) is 5.56 Å². The zero-order valence-electron chi connectivity index (χ0n) is 10.3. The van der Waals surface area contributed by atoms with Crippen LogP contribution in [0, 0.1) is 0 Å². The van der Waals surface area contributed by atoms with E-state index in [1.807, 2.05) is 6.92 Å². The molecule has 0 aliphatic heterocycles. The van der Waals surface area contributed by atoms with Gasteiger partial charge in [-0.05, 0) is 48.9 Å². The number of fused-ring (bicyclic) bond motifs is 1. The van der Waals surface area contributed by atoms with Gasteiger partial charge < -0.3 is 4.52 Å². The molecule has 0 N–H and O–H groups in total. The average molecular weight is 263 g/mol. The molecule has 0 saturated heterocycles. The van der Waals surface area contributed by atoms with Crippen molar-refractivity contribution in [3.05, 3.63) is 35.2 Å². The summed E-state index contributed by atoms with van der Waals surface area (Å²) in [7, 11) is 0. The number of halogens is 1. The van der Waals surface area contributed by atoms with E-state index < -0.39 is 0 Å². The molecule has 4 heteroatoms. The first-order chi connectivity index (χ1) is 8.78. The lowest BCUT2D eigenvalue weighted by Gasteiger charge is -2.00. The van der Waals surface area contributed by atoms with Crippen LogP contribution in [-0.4, -0.2) is 10.1 Å². The maximum Gasteiger partial charge on any atom is 0.257 e. The smallest absolute Gasteiger partial charge is 0.257 e. The van der Waals surface area contributed by atoms with Crippen LogP contribution in [-0.2, 0) is 12.8 Å². The van der Waals surface area contributed by atoms with Gasteiger partial charge in [0.05, 0.1) is 5.38 Å². The molecule has 1 aliphatic rings. The van der Waals surface area contributed by atoms with E-state index in [9.17, 15) is 0 Å². The summed E-state index contributed by atoms with van der Waals surface area (Å²) < 4.78 is 5.29. The molecule has 0 bridgehead atoms. The van der Waals surface area contributed by atoms with Crippen LogP contribution in [0.15, 0.2) is 22.7 Å². The van der Waals surface area contributed by atoms with Gasteiger partial charge in [-0.15, -0.1) is 11.6 Å². The lowest BCUT2D eigenvalue weighted by Crippen LogP contribution is -1.91. The minimum Gasteiger partial charge on any atom is -0.334 e. The lowest BCUT2D eigenvalue weighted by molar-refractivity contribution is 0.421. The van der Waals surface area contributed by atoms with Crippen LogP contribution in [0.25, 0.3) is 11.5 Å². The summed E-state index contributed by atoms with van der Waals surface area (Å²) >= 11 is 6.10. The second kappa shape index (κ2) is 4.73. The minimum absolute atomic E-state index is 0.170. The van der Waals surface area contributed by atoms with Gasteiger partial charge in [0.2, 0.25) is 0 Å². The van der Waals surface area contributed by atoms with Gasteiger partial charge >= 0.3 is 0 Å². The number of benzene rings is 1. The minimum atomic E-state index is -0.170. The number of aryl methyl sites for hydroxylation is 2. The Morgan fingerprint density at radius 2 is 2.17 bits per heavy atom. The summed E-state index contributed by atoms with van der Waals surface area (Å²) in [5, 5.41) is 3.77. The second-order valence-corrected chi connectivity index (χ2v) is 5.20. The molecule has 1 atom stereocenters. The van der Waals surface area contributed by atoms with Crippen LogP contribution >= 0.6 is 11.6 Å². The van der Waals surface area contributed by atoms with Crippen molar-refractivity contribution in [1.29, 1.82) is 0 Å². The molecule has 1 unspecified atom stereocenters. The predicted molar refractivity (Wildman–Crippen MR) is 70.6 cm³/mol. The van der Waals surface area contributed by atoms with Gasteiger partial charge in [0.1, 0.15) is 0 Å². The Morgan fingerprint density at radius 1 is 1.33 bits per heavy atom. The number of hydrogen-bond donors (Lipinski definition) is 0. The first-order valence-electron chi connectivity index (χ1n) is 6.37. The van der Waals surface area contributed by atoms with Crippen molar-refractivity contribution in [2.75, 3.05) is 0 Å². The molecule has 3 rings (SSSR count). The Morgan fingerprint density at radius 3 is 3.00 bits per heavy atom. The highest BCUT2D eigenvalue weighted by Crippen LogP contribution is 2.29. The highest BCUT2D eigenvalue weighted by molar-refractivity contribution is 6.20. The van der Waals surface area contributed by atoms with Gasteiger partial charge in [-0.1, -0.05) is 18.1 Å². The van der Waals surface area contributed by atoms with E-state index in [0.717, 1.165) is 18.4 Å². The number of aromatic nitrogens is 2. The van der Waals surface area contributed by atoms with Crippen molar-refractivity contribution in [2.45, 2.75) is 38.0 Å². The summed E-state index contributed by atoms with van der Waals surface area (Å²) in [6.45, 7) is 2.00. The molecule has 0 amide bonds. The standard InChI is InChI=1S/C14H15ClN2O/c1-2-12(15)13-16-14(18-17-13)11-7-6-9-4-3-5-10(9)8-11/h6-8,12H,2-5H2,1H3. The molecule has 3 nitrogen and oxygen atoms in total. The molecule has 0 fully saturated rings. The monoisotopic (exact) mass is 262 g/mol. The van der Waals surface area contributed by atoms with Crippen molar-refractivity contribution < 1.29 is 4.52 Å². The van der Waals surface area contributed by atoms with Crippen molar-refractivity contribution >= 4 is 11.6 Å². The average Bonchev–Trinajstić information content (AvgIpc) is 3.05. The van der Waals surface area contributed by atoms with Crippen LogP contribution in [0.3, 0.4) is 0 Å². The van der Waals surface area contributed by atoms with E-state index >= 15 is 0 Å². The summed E-state index contributed by atoms with van der Waals surface area (Å²) in [5.74, 6) is 1.15. The fourth-order valence-corrected chi connectivity index (χ4v) is 2.46. The van der Waals surface area contributed by atoms with Crippen LogP contribution in [0.1, 0.15) is 42.1 Å². The summed E-state index contributed by atoms with van der Waals surface area (Å²) in [6.07, 6.45) is 4.37. The van der Waals surface area contributed by atoms with E-state index in [-0.39, 0.29) is 5.38 Å². The Hall–Kier alpha value is -1.35. The molecule has 1 aromatic carbocycles. The Balaban J connectivity index is 1.92. The fraction of sp³-hybridized carbons (Fsp3) is 0.429. The van der Waals surface area contributed by atoms with E-state index in [1.54, 1.807) is 0 Å². The number of nitrogens with zero attached hydrogens (tertiary/aromatic N) is 2. The Labute approximate surface area is 111 Å². The van der Waals surface area contributed by atoms with Gasteiger partial charge in [0.25, 0.3) is 5.89 Å². The largest absolute Gasteiger partial charge is 0.334 e. The number of rotatable bonds is 3. The fourth-order valence-electron chi connectivity index (χ4n) is 2.37. The van der Waals surface area contributed by atoms with Gasteiger partial charge in [-0.2, -0.15) is 4.98 Å². The summed E-state index contributed by atoms with van der Waals surface area (Å²) in [5.41, 5.74) is 3.85. The van der Waals surface area contributed by atoms with Crippen molar-refractivity contribution in [3.8, 4) is 11.5 Å². The van der Waals surface area contributed by atoms with Crippen molar-refractivity contribution in [2.24, 2.45) is 0 Å². The molecule has 2 aromatic rings. The molecule has 0 spiro atoms. The van der Waals surface area contributed by atoms with Gasteiger partial charge in [-0.25, -0.2) is 0 Å². The van der Waals surface area contributed by atoms with Crippen LogP contribution in [0.5, 0.6) is 0 Å². The molecular formula is C14H15ClN2O. The zero-order valence-corrected chi connectivity index (χ0v) is 11.1. The van der Waals surface area contributed by atoms with E-state index in [1.165, 1.54) is 24.0 Å². The molecule has 18 heavy (non-hydrogen) atoms. The molecule has 0 radical (unpaired) electrons. The van der Waals surface area contributed by atoms with E-state index in [4.69, 9.17) is 16.1 Å². The summed E-state index contributed by atoms with van der Waals surface area (Å²) in [4.78, 5) is 4.37. The predicted octanol–water partition coefficient (Wildman–Crippen LogP) is 3.92. The molecule has 1 aromatic heterocycles. The molecular weight excluding hydrogens is 248 g/mol. The maximum absolute atomic E-state index is 6.10. The van der Waals surface area contributed by atoms with E-state index in [0.29, 0.717) is 11.7 Å². The summed E-state index contributed by atoms with van der Waals surface area (Å²) in [6, 6.07) is 6.38. The Kier molecular flexibility index (Phi) is 3.08. The van der Waals surface area contributed by atoms with Crippen molar-refractivity contribution in [1.82, 2.24) is 10.1 Å². The van der Waals surface area contributed by atoms with Crippen LogP contribution in [0.4, 0.5) is 0 Å². The lowest BCUT2D eigenvalue weighted by atomic mass is 10.1. The van der Waals surface area contributed by atoms with E-state index in [2.05, 4.69) is 28.3 Å². The third kappa shape index (κ3) is 2.03. The van der Waals surface area contributed by atoms with Crippen molar-refractivity contribution in [3.63, 3.8) is 0 Å². The first-order valence-corrected chi connectivity index (χ1v) is 6.81. The zero-order chi connectivity index (χ0) is 12.5. The maximum atomic E-state index is 6.10. The highest BCUT2D eigenvalue weighted by atomic mass is 35.5.